The Labute approximate surface area is 113 Å². The molecule has 0 fully saturated rings. The molecule has 96 valence electrons. The highest BCUT2D eigenvalue weighted by Crippen LogP contribution is 2.17. The van der Waals surface area contributed by atoms with Gasteiger partial charge in [-0.25, -0.2) is 4.39 Å². The van der Waals surface area contributed by atoms with Gasteiger partial charge in [0.15, 0.2) is 0 Å². The van der Waals surface area contributed by atoms with Gasteiger partial charge in [0.2, 0.25) is 0 Å². The molecule has 0 unspecified atom stereocenters. The summed E-state index contributed by atoms with van der Waals surface area (Å²) in [6, 6.07) is 16.8. The molecule has 2 aromatic rings. The lowest BCUT2D eigenvalue weighted by atomic mass is 10.0. The maximum Gasteiger partial charge on any atom is 0.123 e. The molecule has 0 amide bonds. The second-order valence-electron chi connectivity index (χ2n) is 4.63. The van der Waals surface area contributed by atoms with Crippen LogP contribution in [0, 0.1) is 5.82 Å². The first-order valence-corrected chi connectivity index (χ1v) is 6.33. The summed E-state index contributed by atoms with van der Waals surface area (Å²) in [5.41, 5.74) is 4.53. The normalized spacial score (nSPS) is 12.6. The summed E-state index contributed by atoms with van der Waals surface area (Å²) in [5, 5.41) is 0. The summed E-state index contributed by atoms with van der Waals surface area (Å²) < 4.78 is 12.9. The molecule has 19 heavy (non-hydrogen) atoms. The van der Waals surface area contributed by atoms with Crippen LogP contribution in [-0.2, 0) is 0 Å². The molecule has 0 aromatic heterocycles. The fourth-order valence-electron chi connectivity index (χ4n) is 1.99. The molecule has 0 saturated carbocycles. The van der Waals surface area contributed by atoms with Crippen LogP contribution in [0.1, 0.15) is 25.0 Å². The summed E-state index contributed by atoms with van der Waals surface area (Å²) in [7, 11) is 0. The summed E-state index contributed by atoms with van der Waals surface area (Å²) in [6.07, 6.45) is 4.24. The Morgan fingerprint density at radius 2 is 1.53 bits per heavy atom. The Balaban J connectivity index is 2.21. The van der Waals surface area contributed by atoms with Crippen LogP contribution in [-0.4, -0.2) is 0 Å². The van der Waals surface area contributed by atoms with Crippen LogP contribution in [0.3, 0.4) is 0 Å². The third-order valence-corrected chi connectivity index (χ3v) is 2.94. The Morgan fingerprint density at radius 3 is 2.16 bits per heavy atom. The van der Waals surface area contributed by atoms with Crippen LogP contribution in [0.15, 0.2) is 66.2 Å². The predicted octanol–water partition coefficient (Wildman–Crippen LogP) is 5.33. The Morgan fingerprint density at radius 1 is 0.895 bits per heavy atom. The van der Waals surface area contributed by atoms with E-state index in [1.54, 1.807) is 12.1 Å². The number of benzene rings is 2. The van der Waals surface area contributed by atoms with Gasteiger partial charge in [-0.15, -0.1) is 0 Å². The molecule has 0 bridgehead atoms. The van der Waals surface area contributed by atoms with Crippen molar-refractivity contribution in [3.8, 4) is 0 Å². The fraction of sp³-hybridized carbons (Fsp3) is 0.111. The van der Waals surface area contributed by atoms with Gasteiger partial charge >= 0.3 is 0 Å². The van der Waals surface area contributed by atoms with E-state index in [4.69, 9.17) is 0 Å². The average Bonchev–Trinajstić information content (AvgIpc) is 2.40. The van der Waals surface area contributed by atoms with Gasteiger partial charge in [0, 0.05) is 0 Å². The molecular weight excluding hydrogens is 235 g/mol. The first-order chi connectivity index (χ1) is 9.15. The van der Waals surface area contributed by atoms with Crippen molar-refractivity contribution in [1.82, 2.24) is 0 Å². The molecule has 0 N–H and O–H groups in total. The molecule has 2 rings (SSSR count). The standard InChI is InChI=1S/C18H17F/c1-14(13-16-6-4-3-5-7-16)12-15(2)17-8-10-18(19)11-9-17/h3-13H,1-2H3. The van der Waals surface area contributed by atoms with Gasteiger partial charge < -0.3 is 0 Å². The molecule has 0 spiro atoms. The molecule has 0 heterocycles. The van der Waals surface area contributed by atoms with Crippen LogP contribution in [0.25, 0.3) is 11.6 Å². The van der Waals surface area contributed by atoms with E-state index in [-0.39, 0.29) is 5.82 Å². The van der Waals surface area contributed by atoms with Gasteiger partial charge in [-0.05, 0) is 42.7 Å². The molecule has 2 aromatic carbocycles. The molecule has 0 aliphatic heterocycles. The molecule has 0 aliphatic carbocycles. The SMILES string of the molecule is CC(=Cc1ccccc1)C=C(C)c1ccc(F)cc1. The highest BCUT2D eigenvalue weighted by molar-refractivity contribution is 5.69. The second kappa shape index (κ2) is 6.14. The van der Waals surface area contributed by atoms with Gasteiger partial charge in [0.1, 0.15) is 5.82 Å². The van der Waals surface area contributed by atoms with E-state index < -0.39 is 0 Å². The fourth-order valence-corrected chi connectivity index (χ4v) is 1.99. The third kappa shape index (κ3) is 3.92. The lowest BCUT2D eigenvalue weighted by Gasteiger charge is -2.02. The summed E-state index contributed by atoms with van der Waals surface area (Å²) >= 11 is 0. The zero-order valence-corrected chi connectivity index (χ0v) is 11.2. The Bertz CT molecular complexity index is 589. The summed E-state index contributed by atoms with van der Waals surface area (Å²) in [6.45, 7) is 4.11. The molecule has 0 atom stereocenters. The monoisotopic (exact) mass is 252 g/mol. The first-order valence-electron chi connectivity index (χ1n) is 6.33. The van der Waals surface area contributed by atoms with Crippen molar-refractivity contribution in [3.63, 3.8) is 0 Å². The molecule has 0 radical (unpaired) electrons. The van der Waals surface area contributed by atoms with Gasteiger partial charge in [0.05, 0.1) is 0 Å². The zero-order chi connectivity index (χ0) is 13.7. The van der Waals surface area contributed by atoms with Crippen LogP contribution in [0.4, 0.5) is 4.39 Å². The molecular formula is C18H17F. The lowest BCUT2D eigenvalue weighted by Crippen LogP contribution is -1.82. The van der Waals surface area contributed by atoms with Gasteiger partial charge in [-0.1, -0.05) is 60.2 Å². The number of hydrogen-bond donors (Lipinski definition) is 0. The first kappa shape index (κ1) is 13.3. The largest absolute Gasteiger partial charge is 0.207 e. The van der Waals surface area contributed by atoms with Crippen LogP contribution in [0.5, 0.6) is 0 Å². The second-order valence-corrected chi connectivity index (χ2v) is 4.63. The maximum absolute atomic E-state index is 12.9. The number of rotatable bonds is 3. The molecule has 1 heteroatoms. The lowest BCUT2D eigenvalue weighted by molar-refractivity contribution is 0.627. The van der Waals surface area contributed by atoms with Crippen molar-refractivity contribution in [2.45, 2.75) is 13.8 Å². The minimum Gasteiger partial charge on any atom is -0.207 e. The summed E-state index contributed by atoms with van der Waals surface area (Å²) in [5.74, 6) is -0.201. The molecule has 0 aliphatic rings. The van der Waals surface area contributed by atoms with Crippen molar-refractivity contribution in [3.05, 3.63) is 83.2 Å². The topological polar surface area (TPSA) is 0 Å². The molecule has 0 nitrogen and oxygen atoms in total. The average molecular weight is 252 g/mol. The highest BCUT2D eigenvalue weighted by Gasteiger charge is 1.96. The van der Waals surface area contributed by atoms with E-state index in [9.17, 15) is 4.39 Å². The van der Waals surface area contributed by atoms with Crippen molar-refractivity contribution in [2.75, 3.05) is 0 Å². The Hall–Kier alpha value is -2.15. The smallest absolute Gasteiger partial charge is 0.123 e. The van der Waals surface area contributed by atoms with Crippen molar-refractivity contribution in [1.29, 1.82) is 0 Å². The van der Waals surface area contributed by atoms with Crippen molar-refractivity contribution in [2.24, 2.45) is 0 Å². The van der Waals surface area contributed by atoms with E-state index in [0.29, 0.717) is 0 Å². The minimum atomic E-state index is -0.201. The quantitative estimate of drug-likeness (QED) is 0.647. The van der Waals surface area contributed by atoms with Crippen LogP contribution >= 0.6 is 0 Å². The predicted molar refractivity (Wildman–Crippen MR) is 80.1 cm³/mol. The van der Waals surface area contributed by atoms with Gasteiger partial charge in [-0.3, -0.25) is 0 Å². The van der Waals surface area contributed by atoms with E-state index in [0.717, 1.165) is 11.1 Å². The Kier molecular flexibility index (Phi) is 4.30. The molecule has 0 saturated heterocycles. The van der Waals surface area contributed by atoms with E-state index in [1.807, 2.05) is 25.1 Å². The number of halogens is 1. The van der Waals surface area contributed by atoms with Crippen molar-refractivity contribution >= 4 is 11.6 Å². The van der Waals surface area contributed by atoms with E-state index >= 15 is 0 Å². The zero-order valence-electron chi connectivity index (χ0n) is 11.2. The highest BCUT2D eigenvalue weighted by atomic mass is 19.1. The van der Waals surface area contributed by atoms with Gasteiger partial charge in [0.25, 0.3) is 0 Å². The number of allylic oxidation sites excluding steroid dienone is 3. The number of hydrogen-bond acceptors (Lipinski definition) is 0. The maximum atomic E-state index is 12.9. The van der Waals surface area contributed by atoms with Gasteiger partial charge in [-0.2, -0.15) is 0 Å². The third-order valence-electron chi connectivity index (χ3n) is 2.94. The van der Waals surface area contributed by atoms with Crippen LogP contribution in [0.2, 0.25) is 0 Å². The van der Waals surface area contributed by atoms with Crippen molar-refractivity contribution < 1.29 is 4.39 Å². The minimum absolute atomic E-state index is 0.201. The van der Waals surface area contributed by atoms with Crippen LogP contribution < -0.4 is 0 Å². The van der Waals surface area contributed by atoms with E-state index in [2.05, 4.69) is 31.2 Å². The van der Waals surface area contributed by atoms with E-state index in [1.165, 1.54) is 23.3 Å². The summed E-state index contributed by atoms with van der Waals surface area (Å²) in [4.78, 5) is 0.